The number of likely N-dealkylation sites (N-methyl/N-ethyl adjacent to an activating group) is 1. The zero-order valence-electron chi connectivity index (χ0n) is 27.3. The van der Waals surface area contributed by atoms with Gasteiger partial charge in [0.1, 0.15) is 18.3 Å². The number of aliphatic hydroxyl groups is 3. The molecular weight excluding hydrogens is 566 g/mol. The molecule has 0 saturated heterocycles. The Labute approximate surface area is 268 Å². The van der Waals surface area contributed by atoms with Crippen LogP contribution in [-0.2, 0) is 14.3 Å². The molecule has 3 saturated carbocycles. The number of rotatable bonds is 8. The van der Waals surface area contributed by atoms with Crippen molar-refractivity contribution in [3.63, 3.8) is 0 Å². The van der Waals surface area contributed by atoms with Crippen LogP contribution >= 0.6 is 0 Å². The Balaban J connectivity index is 0.000000187. The summed E-state index contributed by atoms with van der Waals surface area (Å²) in [5.74, 6) is 0.140. The summed E-state index contributed by atoms with van der Waals surface area (Å²) in [7, 11) is 4.12. The van der Waals surface area contributed by atoms with Crippen molar-refractivity contribution in [1.29, 1.82) is 0 Å². The molecule has 0 spiro atoms. The van der Waals surface area contributed by atoms with E-state index in [4.69, 9.17) is 4.74 Å². The molecule has 0 bridgehead atoms. The van der Waals surface area contributed by atoms with Gasteiger partial charge in [0.2, 0.25) is 0 Å². The van der Waals surface area contributed by atoms with Gasteiger partial charge in [-0.25, -0.2) is 0 Å². The van der Waals surface area contributed by atoms with Gasteiger partial charge in [-0.2, -0.15) is 0 Å². The summed E-state index contributed by atoms with van der Waals surface area (Å²) in [5.41, 5.74) is 1.17. The first-order valence-electron chi connectivity index (χ1n) is 16.6. The summed E-state index contributed by atoms with van der Waals surface area (Å²) in [5, 5.41) is 31.7. The second-order valence-electron chi connectivity index (χ2n) is 14.4. The maximum atomic E-state index is 12.4. The first kappa shape index (κ1) is 33.7. The van der Waals surface area contributed by atoms with Crippen molar-refractivity contribution in [1.82, 2.24) is 4.90 Å². The molecule has 4 aliphatic carbocycles. The lowest BCUT2D eigenvalue weighted by Crippen LogP contribution is -2.62. The number of Topliss-reactive ketones (excluding diaryl/α,β-unsaturated/α-hetero) is 1. The third kappa shape index (κ3) is 6.35. The zero-order chi connectivity index (χ0) is 32.4. The van der Waals surface area contributed by atoms with Crippen LogP contribution < -0.4 is 0 Å². The minimum absolute atomic E-state index is 0.0161. The van der Waals surface area contributed by atoms with Crippen LogP contribution in [0, 0.1) is 28.6 Å². The lowest BCUT2D eigenvalue weighted by atomic mass is 9.45. The molecule has 244 valence electrons. The lowest BCUT2D eigenvalue weighted by Gasteiger charge is -2.60. The Bertz CT molecular complexity index is 1320. The predicted molar refractivity (Wildman–Crippen MR) is 174 cm³/mol. The predicted octanol–water partition coefficient (Wildman–Crippen LogP) is 5.14. The summed E-state index contributed by atoms with van der Waals surface area (Å²) in [6.07, 6.45) is 5.75. The van der Waals surface area contributed by atoms with Gasteiger partial charge in [0.15, 0.2) is 11.6 Å². The van der Waals surface area contributed by atoms with Crippen LogP contribution in [-0.4, -0.2) is 77.3 Å². The monoisotopic (exact) mass is 617 g/mol. The van der Waals surface area contributed by atoms with Crippen molar-refractivity contribution >= 4 is 11.6 Å². The molecule has 4 aliphatic rings. The van der Waals surface area contributed by atoms with Crippen LogP contribution in [0.2, 0.25) is 0 Å². The van der Waals surface area contributed by atoms with Gasteiger partial charge in [-0.1, -0.05) is 80.1 Å². The molecule has 2 aromatic rings. The number of aliphatic hydroxyl groups excluding tert-OH is 2. The van der Waals surface area contributed by atoms with Crippen molar-refractivity contribution in [3.8, 4) is 0 Å². The summed E-state index contributed by atoms with van der Waals surface area (Å²) >= 11 is 0. The molecule has 45 heavy (non-hydrogen) atoms. The fourth-order valence-corrected chi connectivity index (χ4v) is 9.27. The largest absolute Gasteiger partial charge is 0.393 e. The number of carbonyl (C=O) groups excluding carboxylic acids is 2. The number of hydrogen-bond acceptors (Lipinski definition) is 7. The number of carbonyl (C=O) groups is 2. The van der Waals surface area contributed by atoms with E-state index >= 15 is 0 Å². The fourth-order valence-electron chi connectivity index (χ4n) is 9.27. The summed E-state index contributed by atoms with van der Waals surface area (Å²) in [4.78, 5) is 26.4. The Kier molecular flexibility index (Phi) is 10.2. The second-order valence-corrected chi connectivity index (χ2v) is 14.4. The van der Waals surface area contributed by atoms with Crippen LogP contribution in [0.5, 0.6) is 0 Å². The van der Waals surface area contributed by atoms with Crippen molar-refractivity contribution in [3.05, 3.63) is 83.4 Å². The molecule has 0 aliphatic heterocycles. The summed E-state index contributed by atoms with van der Waals surface area (Å²) in [6.45, 7) is 5.11. The lowest BCUT2D eigenvalue weighted by molar-refractivity contribution is -0.182. The van der Waals surface area contributed by atoms with Gasteiger partial charge in [0, 0.05) is 18.4 Å². The van der Waals surface area contributed by atoms with Gasteiger partial charge in [-0.15, -0.1) is 0 Å². The van der Waals surface area contributed by atoms with Gasteiger partial charge >= 0.3 is 0 Å². The van der Waals surface area contributed by atoms with Crippen molar-refractivity contribution in [2.75, 3.05) is 33.9 Å². The van der Waals surface area contributed by atoms with Gasteiger partial charge in [-0.3, -0.25) is 9.59 Å². The Hall–Kier alpha value is -2.68. The molecule has 0 heterocycles. The minimum atomic E-state index is -1.54. The number of allylic oxidation sites excluding steroid dienone is 1. The van der Waals surface area contributed by atoms with E-state index in [0.717, 1.165) is 38.8 Å². The molecule has 0 radical (unpaired) electrons. The van der Waals surface area contributed by atoms with Crippen LogP contribution in [0.4, 0.5) is 0 Å². The molecule has 0 amide bonds. The first-order valence-corrected chi connectivity index (χ1v) is 16.6. The molecule has 3 fully saturated rings. The number of ketones is 2. The van der Waals surface area contributed by atoms with E-state index in [2.05, 4.69) is 74.4 Å². The highest BCUT2D eigenvalue weighted by Crippen LogP contribution is 2.67. The van der Waals surface area contributed by atoms with Gasteiger partial charge in [0.05, 0.1) is 12.7 Å². The average Bonchev–Trinajstić information content (AvgIpc) is 3.30. The highest BCUT2D eigenvalue weighted by Gasteiger charge is 2.68. The molecule has 2 aromatic carbocycles. The Morgan fingerprint density at radius 1 is 0.978 bits per heavy atom. The smallest absolute Gasteiger partial charge is 0.190 e. The normalized spacial score (nSPS) is 33.9. The van der Waals surface area contributed by atoms with E-state index in [-0.39, 0.29) is 35.1 Å². The number of fused-ring (bicyclic) bond motifs is 5. The third-order valence-electron chi connectivity index (χ3n) is 11.7. The number of hydrogen-bond donors (Lipinski definition) is 3. The van der Waals surface area contributed by atoms with Crippen molar-refractivity contribution in [2.45, 2.75) is 76.6 Å². The number of ether oxygens (including phenoxy) is 1. The minimum Gasteiger partial charge on any atom is -0.393 e. The summed E-state index contributed by atoms with van der Waals surface area (Å²) < 4.78 is 6.08. The number of benzene rings is 2. The van der Waals surface area contributed by atoms with E-state index in [1.807, 2.05) is 19.1 Å². The first-order chi connectivity index (χ1) is 21.4. The molecular formula is C38H51NO6. The van der Waals surface area contributed by atoms with E-state index in [9.17, 15) is 24.9 Å². The maximum Gasteiger partial charge on any atom is 0.190 e. The summed E-state index contributed by atoms with van der Waals surface area (Å²) in [6, 6.07) is 20.8. The second kappa shape index (κ2) is 13.6. The van der Waals surface area contributed by atoms with E-state index < -0.39 is 29.5 Å². The third-order valence-corrected chi connectivity index (χ3v) is 11.7. The molecule has 7 nitrogen and oxygen atoms in total. The molecule has 0 unspecified atom stereocenters. The SMILES string of the molecule is CN(C)CCOC(c1ccccc1)c1ccccc1.C[C@]12CCC(=O)C=C1CC[C@@H]1[C@@H]2[C@@H](O)C[C@@]2(C)[C@H]1CC[C@]2(O)C(=O)CO. The van der Waals surface area contributed by atoms with E-state index in [1.165, 1.54) is 16.7 Å². The van der Waals surface area contributed by atoms with Crippen LogP contribution in [0.3, 0.4) is 0 Å². The standard InChI is InChI=1S/C21H30O5.C17H21NO/c1-19-7-5-13(23)9-12(19)3-4-14-15-6-8-21(26,17(25)11-22)20(15,2)10-16(24)18(14)19;1-18(2)13-14-19-17(15-9-5-3-6-10-15)16-11-7-4-8-12-16/h9,14-16,18,22,24,26H,3-8,10-11H2,1-2H3;3-12,17H,13-14H2,1-2H3/t14-,15-,16-,18+,19-,20-,21-;/m0./s1. The molecule has 7 atom stereocenters. The van der Waals surface area contributed by atoms with Gasteiger partial charge < -0.3 is 25.0 Å². The highest BCUT2D eigenvalue weighted by molar-refractivity contribution is 5.91. The maximum absolute atomic E-state index is 12.4. The van der Waals surface area contributed by atoms with Crippen molar-refractivity contribution in [2.24, 2.45) is 28.6 Å². The van der Waals surface area contributed by atoms with Crippen LogP contribution in [0.25, 0.3) is 0 Å². The highest BCUT2D eigenvalue weighted by atomic mass is 16.5. The van der Waals surface area contributed by atoms with Gasteiger partial charge in [0.25, 0.3) is 0 Å². The molecule has 3 N–H and O–H groups in total. The van der Waals surface area contributed by atoms with Crippen LogP contribution in [0.1, 0.15) is 76.0 Å². The van der Waals surface area contributed by atoms with Crippen LogP contribution in [0.15, 0.2) is 72.3 Å². The van der Waals surface area contributed by atoms with E-state index in [1.54, 1.807) is 6.08 Å². The molecule has 7 heteroatoms. The Morgan fingerprint density at radius 2 is 1.60 bits per heavy atom. The van der Waals surface area contributed by atoms with Gasteiger partial charge in [-0.05, 0) is 93.0 Å². The molecule has 0 aromatic heterocycles. The van der Waals surface area contributed by atoms with E-state index in [0.29, 0.717) is 19.3 Å². The topological polar surface area (TPSA) is 107 Å². The fraction of sp³-hybridized carbons (Fsp3) is 0.579. The number of nitrogens with zero attached hydrogens (tertiary/aromatic N) is 1. The van der Waals surface area contributed by atoms with Crippen molar-refractivity contribution < 1.29 is 29.6 Å². The average molecular weight is 618 g/mol. The zero-order valence-corrected chi connectivity index (χ0v) is 27.3. The quantitative estimate of drug-likeness (QED) is 0.377. The Morgan fingerprint density at radius 3 is 2.18 bits per heavy atom. The molecule has 6 rings (SSSR count).